The van der Waals surface area contributed by atoms with Crippen molar-refractivity contribution >= 4 is 12.0 Å². The van der Waals surface area contributed by atoms with Crippen LogP contribution in [-0.2, 0) is 4.79 Å². The molecule has 0 aliphatic heterocycles. The van der Waals surface area contributed by atoms with Crippen molar-refractivity contribution in [2.75, 3.05) is 0 Å². The van der Waals surface area contributed by atoms with E-state index in [0.717, 1.165) is 18.5 Å². The fourth-order valence-corrected chi connectivity index (χ4v) is 3.46. The summed E-state index contributed by atoms with van der Waals surface area (Å²) in [5.74, 6) is 0.318. The maximum atomic E-state index is 12.3. The average molecular weight is 285 g/mol. The number of nitriles is 1. The fraction of sp³-hybridized carbons (Fsp3) is 0.529. The van der Waals surface area contributed by atoms with Crippen LogP contribution in [0.4, 0.5) is 0 Å². The first-order chi connectivity index (χ1) is 9.89. The number of carbonyl (C=O) groups excluding carboxylic acids is 1. The standard InChI is InChI=1S/C17H23N3O/c1-12-7-15(10-17(2,3)9-12)20-16(21)13(11-18)8-14-5-4-6-19-14/h4-6,8,12,15,19H,7,9-10H2,1-3H3,(H,20,21)/b13-8+/t12-,15+/m1/s1. The van der Waals surface area contributed by atoms with E-state index in [2.05, 4.69) is 31.1 Å². The third kappa shape index (κ3) is 4.22. The first-order valence-electron chi connectivity index (χ1n) is 7.46. The molecule has 112 valence electrons. The predicted molar refractivity (Wildman–Crippen MR) is 83.1 cm³/mol. The van der Waals surface area contributed by atoms with Gasteiger partial charge in [0.2, 0.25) is 0 Å². The monoisotopic (exact) mass is 285 g/mol. The van der Waals surface area contributed by atoms with Crippen molar-refractivity contribution in [2.24, 2.45) is 11.3 Å². The molecule has 1 heterocycles. The lowest BCUT2D eigenvalue weighted by Crippen LogP contribution is -2.43. The van der Waals surface area contributed by atoms with Crippen LogP contribution in [0.25, 0.3) is 6.08 Å². The maximum absolute atomic E-state index is 12.3. The van der Waals surface area contributed by atoms with Gasteiger partial charge in [0.15, 0.2) is 0 Å². The van der Waals surface area contributed by atoms with E-state index in [1.807, 2.05) is 18.2 Å². The van der Waals surface area contributed by atoms with E-state index in [4.69, 9.17) is 0 Å². The first-order valence-corrected chi connectivity index (χ1v) is 7.46. The van der Waals surface area contributed by atoms with Crippen molar-refractivity contribution < 1.29 is 4.79 Å². The molecule has 0 saturated heterocycles. The molecule has 21 heavy (non-hydrogen) atoms. The Kier molecular flexibility index (Phi) is 4.52. The van der Waals surface area contributed by atoms with Gasteiger partial charge in [0, 0.05) is 17.9 Å². The number of H-pyrrole nitrogens is 1. The smallest absolute Gasteiger partial charge is 0.262 e. The molecule has 1 aromatic heterocycles. The zero-order valence-electron chi connectivity index (χ0n) is 12.9. The van der Waals surface area contributed by atoms with Crippen molar-refractivity contribution in [2.45, 2.75) is 46.1 Å². The summed E-state index contributed by atoms with van der Waals surface area (Å²) < 4.78 is 0. The number of amides is 1. The molecule has 1 amide bonds. The third-order valence-corrected chi connectivity index (χ3v) is 4.01. The van der Waals surface area contributed by atoms with Gasteiger partial charge in [-0.05, 0) is 48.8 Å². The molecule has 1 fully saturated rings. The van der Waals surface area contributed by atoms with Gasteiger partial charge in [-0.3, -0.25) is 4.79 Å². The van der Waals surface area contributed by atoms with Gasteiger partial charge in [-0.15, -0.1) is 0 Å². The van der Waals surface area contributed by atoms with Gasteiger partial charge in [-0.25, -0.2) is 0 Å². The van der Waals surface area contributed by atoms with Gasteiger partial charge >= 0.3 is 0 Å². The highest BCUT2D eigenvalue weighted by Gasteiger charge is 2.33. The molecule has 2 atom stereocenters. The minimum Gasteiger partial charge on any atom is -0.362 e. The molecule has 4 heteroatoms. The van der Waals surface area contributed by atoms with E-state index in [1.54, 1.807) is 12.3 Å². The van der Waals surface area contributed by atoms with E-state index in [9.17, 15) is 10.1 Å². The van der Waals surface area contributed by atoms with E-state index in [-0.39, 0.29) is 22.9 Å². The van der Waals surface area contributed by atoms with Crippen LogP contribution in [0, 0.1) is 22.7 Å². The van der Waals surface area contributed by atoms with Gasteiger partial charge in [0.05, 0.1) is 0 Å². The highest BCUT2D eigenvalue weighted by molar-refractivity contribution is 6.01. The molecule has 2 rings (SSSR count). The predicted octanol–water partition coefficient (Wildman–Crippen LogP) is 3.25. The number of rotatable bonds is 3. The Morgan fingerprint density at radius 2 is 2.29 bits per heavy atom. The lowest BCUT2D eigenvalue weighted by molar-refractivity contribution is -0.118. The molecule has 1 aliphatic rings. The first kappa shape index (κ1) is 15.4. The van der Waals surface area contributed by atoms with Gasteiger partial charge < -0.3 is 10.3 Å². The van der Waals surface area contributed by atoms with E-state index in [0.29, 0.717) is 5.92 Å². The van der Waals surface area contributed by atoms with Crippen LogP contribution in [0.2, 0.25) is 0 Å². The lowest BCUT2D eigenvalue weighted by atomic mass is 9.70. The summed E-state index contributed by atoms with van der Waals surface area (Å²) in [7, 11) is 0. The van der Waals surface area contributed by atoms with Crippen molar-refractivity contribution in [1.82, 2.24) is 10.3 Å². The number of aromatic amines is 1. The summed E-state index contributed by atoms with van der Waals surface area (Å²) in [5.41, 5.74) is 1.15. The summed E-state index contributed by atoms with van der Waals surface area (Å²) in [5, 5.41) is 12.2. The number of hydrogen-bond donors (Lipinski definition) is 2. The summed E-state index contributed by atoms with van der Waals surface area (Å²) in [6.07, 6.45) is 6.49. The molecule has 1 aliphatic carbocycles. The molecule has 2 N–H and O–H groups in total. The fourth-order valence-electron chi connectivity index (χ4n) is 3.46. The Bertz CT molecular complexity index is 563. The second-order valence-corrected chi connectivity index (χ2v) is 6.88. The van der Waals surface area contributed by atoms with E-state index in [1.165, 1.54) is 6.42 Å². The molecule has 0 spiro atoms. The molecular weight excluding hydrogens is 262 g/mol. The molecule has 0 aromatic carbocycles. The van der Waals surface area contributed by atoms with E-state index >= 15 is 0 Å². The molecule has 0 unspecified atom stereocenters. The molecule has 0 radical (unpaired) electrons. The van der Waals surface area contributed by atoms with Gasteiger partial charge in [0.25, 0.3) is 5.91 Å². The minimum absolute atomic E-state index is 0.147. The van der Waals surface area contributed by atoms with Crippen molar-refractivity contribution in [3.05, 3.63) is 29.6 Å². The summed E-state index contributed by atoms with van der Waals surface area (Å²) in [6.45, 7) is 6.70. The Balaban J connectivity index is 2.05. The second kappa shape index (κ2) is 6.17. The van der Waals surface area contributed by atoms with Crippen molar-refractivity contribution in [3.8, 4) is 6.07 Å². The summed E-state index contributed by atoms with van der Waals surface area (Å²) in [4.78, 5) is 15.2. The zero-order valence-corrected chi connectivity index (χ0v) is 12.9. The van der Waals surface area contributed by atoms with Gasteiger partial charge in [-0.2, -0.15) is 5.26 Å². The Hall–Kier alpha value is -2.02. The van der Waals surface area contributed by atoms with Crippen LogP contribution >= 0.6 is 0 Å². The maximum Gasteiger partial charge on any atom is 0.262 e. The normalized spacial score (nSPS) is 25.1. The highest BCUT2D eigenvalue weighted by atomic mass is 16.1. The second-order valence-electron chi connectivity index (χ2n) is 6.88. The largest absolute Gasteiger partial charge is 0.362 e. The van der Waals surface area contributed by atoms with Crippen LogP contribution in [0.5, 0.6) is 0 Å². The molecule has 1 saturated carbocycles. The van der Waals surface area contributed by atoms with Crippen LogP contribution in [0.1, 0.15) is 45.7 Å². The molecular formula is C17H23N3O. The minimum atomic E-state index is -0.276. The molecule has 1 aromatic rings. The summed E-state index contributed by atoms with van der Waals surface area (Å²) >= 11 is 0. The number of aromatic nitrogens is 1. The van der Waals surface area contributed by atoms with Crippen LogP contribution in [0.15, 0.2) is 23.9 Å². The highest BCUT2D eigenvalue weighted by Crippen LogP contribution is 2.38. The Labute approximate surface area is 126 Å². The molecule has 4 nitrogen and oxygen atoms in total. The Morgan fingerprint density at radius 1 is 1.52 bits per heavy atom. The van der Waals surface area contributed by atoms with Crippen molar-refractivity contribution in [1.29, 1.82) is 5.26 Å². The number of carbonyl (C=O) groups is 1. The van der Waals surface area contributed by atoms with E-state index < -0.39 is 0 Å². The van der Waals surface area contributed by atoms with Gasteiger partial charge in [-0.1, -0.05) is 20.8 Å². The third-order valence-electron chi connectivity index (χ3n) is 4.01. The number of nitrogens with zero attached hydrogens (tertiary/aromatic N) is 1. The SMILES string of the molecule is C[C@@H]1C[C@H](NC(=O)/C(C#N)=C/c2ccc[nH]2)CC(C)(C)C1. The van der Waals surface area contributed by atoms with Crippen LogP contribution in [0.3, 0.4) is 0 Å². The van der Waals surface area contributed by atoms with Crippen LogP contribution in [-0.4, -0.2) is 16.9 Å². The van der Waals surface area contributed by atoms with Crippen molar-refractivity contribution in [3.63, 3.8) is 0 Å². The lowest BCUT2D eigenvalue weighted by Gasteiger charge is -2.39. The number of hydrogen-bond acceptors (Lipinski definition) is 2. The topological polar surface area (TPSA) is 68.7 Å². The summed E-state index contributed by atoms with van der Waals surface area (Å²) in [6, 6.07) is 5.81. The number of nitrogens with one attached hydrogen (secondary N) is 2. The zero-order chi connectivity index (χ0) is 15.5. The Morgan fingerprint density at radius 3 is 2.86 bits per heavy atom. The average Bonchev–Trinajstić information content (AvgIpc) is 2.85. The van der Waals surface area contributed by atoms with Crippen LogP contribution < -0.4 is 5.32 Å². The van der Waals surface area contributed by atoms with Gasteiger partial charge in [0.1, 0.15) is 11.6 Å². The molecule has 0 bridgehead atoms. The quantitative estimate of drug-likeness (QED) is 0.661.